The maximum absolute atomic E-state index is 12.3. The van der Waals surface area contributed by atoms with Gasteiger partial charge >= 0.3 is 12.2 Å². The molecule has 0 aromatic heterocycles. The van der Waals surface area contributed by atoms with Gasteiger partial charge in [0.1, 0.15) is 6.61 Å². The topological polar surface area (TPSA) is 105 Å². The van der Waals surface area contributed by atoms with Gasteiger partial charge in [0.25, 0.3) is 0 Å². The summed E-state index contributed by atoms with van der Waals surface area (Å²) < 4.78 is 36.0. The van der Waals surface area contributed by atoms with Crippen LogP contribution in [0.2, 0.25) is 0 Å². The van der Waals surface area contributed by atoms with Crippen LogP contribution in [0.15, 0.2) is 30.3 Å². The molecule has 0 aliphatic carbocycles. The van der Waals surface area contributed by atoms with Gasteiger partial charge in [0.2, 0.25) is 10.0 Å². The van der Waals surface area contributed by atoms with Crippen LogP contribution in [-0.2, 0) is 26.1 Å². The molecule has 1 fully saturated rings. The number of alkyl carbamates (subject to hydrolysis) is 1. The first-order valence-corrected chi connectivity index (χ1v) is 10.4. The molecule has 1 N–H and O–H groups in total. The summed E-state index contributed by atoms with van der Waals surface area (Å²) in [4.78, 5) is 24.8. The van der Waals surface area contributed by atoms with Gasteiger partial charge in [-0.05, 0) is 12.5 Å². The van der Waals surface area contributed by atoms with E-state index in [0.29, 0.717) is 0 Å². The lowest BCUT2D eigenvalue weighted by molar-refractivity contribution is 0.0933. The van der Waals surface area contributed by atoms with E-state index in [1.54, 1.807) is 6.92 Å². The molecule has 0 radical (unpaired) electrons. The summed E-state index contributed by atoms with van der Waals surface area (Å²) >= 11 is 0. The first-order valence-electron chi connectivity index (χ1n) is 8.76. The van der Waals surface area contributed by atoms with Crippen molar-refractivity contribution in [3.8, 4) is 0 Å². The van der Waals surface area contributed by atoms with Crippen LogP contribution in [0.25, 0.3) is 0 Å². The molecule has 2 rings (SSSR count). The summed E-state index contributed by atoms with van der Waals surface area (Å²) in [5.41, 5.74) is 0.847. The van der Waals surface area contributed by atoms with Crippen molar-refractivity contribution < 1.29 is 27.5 Å². The monoisotopic (exact) mass is 399 g/mol. The Kier molecular flexibility index (Phi) is 7.86. The average Bonchev–Trinajstić information content (AvgIpc) is 2.67. The summed E-state index contributed by atoms with van der Waals surface area (Å²) in [6, 6.07) is 9.19. The predicted molar refractivity (Wildman–Crippen MR) is 98.6 cm³/mol. The molecule has 0 bridgehead atoms. The molecule has 1 aromatic carbocycles. The normalized spacial score (nSPS) is 15.2. The number of nitrogens with zero attached hydrogens (tertiary/aromatic N) is 2. The van der Waals surface area contributed by atoms with Crippen LogP contribution in [0.3, 0.4) is 0 Å². The molecule has 1 heterocycles. The molecular formula is C17H25N3O6S. The highest BCUT2D eigenvalue weighted by Crippen LogP contribution is 2.09. The van der Waals surface area contributed by atoms with Gasteiger partial charge in [0.05, 0.1) is 12.4 Å². The number of amides is 2. The van der Waals surface area contributed by atoms with Crippen molar-refractivity contribution in [3.05, 3.63) is 35.9 Å². The van der Waals surface area contributed by atoms with Crippen LogP contribution in [0, 0.1) is 0 Å². The van der Waals surface area contributed by atoms with Gasteiger partial charge in [-0.15, -0.1) is 0 Å². The highest BCUT2D eigenvalue weighted by Gasteiger charge is 2.29. The highest BCUT2D eigenvalue weighted by molar-refractivity contribution is 7.89. The molecule has 0 saturated carbocycles. The number of carbonyl (C=O) groups is 2. The second-order valence-electron chi connectivity index (χ2n) is 5.89. The van der Waals surface area contributed by atoms with Crippen LogP contribution in [0.1, 0.15) is 12.5 Å². The largest absolute Gasteiger partial charge is 0.450 e. The van der Waals surface area contributed by atoms with Gasteiger partial charge in [0.15, 0.2) is 0 Å². The lowest BCUT2D eigenvalue weighted by Gasteiger charge is -2.33. The van der Waals surface area contributed by atoms with Crippen molar-refractivity contribution in [1.29, 1.82) is 0 Å². The van der Waals surface area contributed by atoms with Crippen LogP contribution >= 0.6 is 0 Å². The van der Waals surface area contributed by atoms with Gasteiger partial charge in [-0.3, -0.25) is 0 Å². The fraction of sp³-hybridized carbons (Fsp3) is 0.529. The van der Waals surface area contributed by atoms with E-state index in [9.17, 15) is 18.0 Å². The minimum Gasteiger partial charge on any atom is -0.450 e. The van der Waals surface area contributed by atoms with E-state index in [-0.39, 0.29) is 51.7 Å². The predicted octanol–water partition coefficient (Wildman–Crippen LogP) is 1.02. The molecule has 10 heteroatoms. The maximum Gasteiger partial charge on any atom is 0.409 e. The van der Waals surface area contributed by atoms with Crippen molar-refractivity contribution in [2.24, 2.45) is 0 Å². The van der Waals surface area contributed by atoms with Crippen molar-refractivity contribution >= 4 is 22.2 Å². The van der Waals surface area contributed by atoms with E-state index in [1.165, 1.54) is 9.21 Å². The number of piperazine rings is 1. The fourth-order valence-electron chi connectivity index (χ4n) is 2.55. The summed E-state index contributed by atoms with van der Waals surface area (Å²) in [5, 5.41) is 2.44. The SMILES string of the molecule is CCOC(=O)N1CCN(S(=O)(=O)CCNC(=O)OCc2ccccc2)CC1. The summed E-state index contributed by atoms with van der Waals surface area (Å²) in [5.74, 6) is -0.229. The van der Waals surface area contributed by atoms with Gasteiger partial charge in [0, 0.05) is 32.7 Å². The molecule has 150 valence electrons. The van der Waals surface area contributed by atoms with E-state index >= 15 is 0 Å². The Morgan fingerprint density at radius 2 is 1.74 bits per heavy atom. The zero-order valence-corrected chi connectivity index (χ0v) is 16.1. The number of carbonyl (C=O) groups excluding carboxylic acids is 2. The van der Waals surface area contributed by atoms with E-state index < -0.39 is 22.2 Å². The molecular weight excluding hydrogens is 374 g/mol. The second kappa shape index (κ2) is 10.1. The molecule has 2 amide bonds. The van der Waals surface area contributed by atoms with Gasteiger partial charge in [-0.1, -0.05) is 30.3 Å². The van der Waals surface area contributed by atoms with Crippen molar-refractivity contribution in [2.45, 2.75) is 13.5 Å². The molecule has 0 unspecified atom stereocenters. The Bertz CT molecular complexity index is 717. The first kappa shape index (κ1) is 21.0. The minimum atomic E-state index is -3.52. The summed E-state index contributed by atoms with van der Waals surface area (Å²) in [6.07, 6.45) is -1.10. The standard InChI is InChI=1S/C17H25N3O6S/c1-2-25-17(22)19-9-11-20(12-10-19)27(23,24)13-8-18-16(21)26-14-15-6-4-3-5-7-15/h3-7H,2,8-14H2,1H3,(H,18,21). The molecule has 27 heavy (non-hydrogen) atoms. The number of benzene rings is 1. The molecule has 9 nitrogen and oxygen atoms in total. The number of nitrogens with one attached hydrogen (secondary N) is 1. The molecule has 0 spiro atoms. The molecule has 0 atom stereocenters. The average molecular weight is 399 g/mol. The summed E-state index contributed by atoms with van der Waals surface area (Å²) in [6.45, 7) is 3.05. The Morgan fingerprint density at radius 1 is 1.07 bits per heavy atom. The third-order valence-corrected chi connectivity index (χ3v) is 5.87. The zero-order valence-electron chi connectivity index (χ0n) is 15.3. The molecule has 1 saturated heterocycles. The van der Waals surface area contributed by atoms with Crippen LogP contribution < -0.4 is 5.32 Å². The van der Waals surface area contributed by atoms with E-state index in [4.69, 9.17) is 9.47 Å². The second-order valence-corrected chi connectivity index (χ2v) is 7.98. The molecule has 1 aliphatic heterocycles. The fourth-order valence-corrected chi connectivity index (χ4v) is 3.89. The van der Waals surface area contributed by atoms with Crippen LogP contribution in [0.5, 0.6) is 0 Å². The van der Waals surface area contributed by atoms with Gasteiger partial charge in [-0.2, -0.15) is 4.31 Å². The lowest BCUT2D eigenvalue weighted by Crippen LogP contribution is -2.51. The van der Waals surface area contributed by atoms with Crippen molar-refractivity contribution in [3.63, 3.8) is 0 Å². The quantitative estimate of drug-likeness (QED) is 0.734. The molecule has 1 aromatic rings. The zero-order chi connectivity index (χ0) is 19.7. The van der Waals surface area contributed by atoms with Crippen LogP contribution in [-0.4, -0.2) is 74.9 Å². The van der Waals surface area contributed by atoms with E-state index in [1.807, 2.05) is 30.3 Å². The number of rotatable bonds is 7. The van der Waals surface area contributed by atoms with Crippen LogP contribution in [0.4, 0.5) is 9.59 Å². The van der Waals surface area contributed by atoms with Gasteiger partial charge < -0.3 is 19.7 Å². The Hall–Kier alpha value is -2.33. The number of sulfonamides is 1. The van der Waals surface area contributed by atoms with Gasteiger partial charge in [-0.25, -0.2) is 18.0 Å². The lowest BCUT2D eigenvalue weighted by atomic mass is 10.2. The summed E-state index contributed by atoms with van der Waals surface area (Å²) in [7, 11) is -3.52. The molecule has 1 aliphatic rings. The smallest absolute Gasteiger partial charge is 0.409 e. The van der Waals surface area contributed by atoms with Crippen molar-refractivity contribution in [2.75, 3.05) is 45.1 Å². The highest BCUT2D eigenvalue weighted by atomic mass is 32.2. The Balaban J connectivity index is 1.69. The van der Waals surface area contributed by atoms with Crippen molar-refractivity contribution in [1.82, 2.24) is 14.5 Å². The Labute approximate surface area is 159 Å². The number of ether oxygens (including phenoxy) is 2. The third-order valence-electron chi connectivity index (χ3n) is 4.00. The van der Waals surface area contributed by atoms with E-state index in [2.05, 4.69) is 5.32 Å². The Morgan fingerprint density at radius 3 is 2.37 bits per heavy atom. The first-order chi connectivity index (χ1) is 12.9. The number of hydrogen-bond donors (Lipinski definition) is 1. The number of hydrogen-bond acceptors (Lipinski definition) is 6. The van der Waals surface area contributed by atoms with E-state index in [0.717, 1.165) is 5.56 Å². The third kappa shape index (κ3) is 6.72. The minimum absolute atomic E-state index is 0.0476. The maximum atomic E-state index is 12.3.